The number of amides is 1. The summed E-state index contributed by atoms with van der Waals surface area (Å²) in [6.45, 7) is 11.4. The van der Waals surface area contributed by atoms with Crippen LogP contribution in [0.5, 0.6) is 0 Å². The van der Waals surface area contributed by atoms with Crippen molar-refractivity contribution in [3.05, 3.63) is 0 Å². The lowest BCUT2D eigenvalue weighted by molar-refractivity contribution is -0.124. The molecule has 0 unspecified atom stereocenters. The molecule has 0 bridgehead atoms. The van der Waals surface area contributed by atoms with E-state index in [0.29, 0.717) is 0 Å². The van der Waals surface area contributed by atoms with Crippen molar-refractivity contribution in [1.82, 2.24) is 4.90 Å². The van der Waals surface area contributed by atoms with E-state index in [9.17, 15) is 4.79 Å². The van der Waals surface area contributed by atoms with Crippen LogP contribution in [0.15, 0.2) is 0 Å². The van der Waals surface area contributed by atoms with Gasteiger partial charge in [-0.1, -0.05) is 5.92 Å². The Balaban J connectivity index is 4.34. The molecule has 0 saturated carbocycles. The highest BCUT2D eigenvalue weighted by Crippen LogP contribution is 2.09. The number of hydrogen-bond acceptors (Lipinski definition) is 1. The Hall–Kier alpha value is -0.970. The van der Waals surface area contributed by atoms with E-state index in [2.05, 4.69) is 11.8 Å². The lowest BCUT2D eigenvalue weighted by Gasteiger charge is -2.15. The molecule has 0 radical (unpaired) electrons. The van der Waals surface area contributed by atoms with E-state index in [1.807, 2.05) is 34.6 Å². The van der Waals surface area contributed by atoms with Crippen LogP contribution in [0.1, 0.15) is 34.6 Å². The van der Waals surface area contributed by atoms with Crippen LogP contribution in [0.25, 0.3) is 0 Å². The molecule has 0 aliphatic rings. The molecule has 0 spiro atoms. The maximum Gasteiger partial charge on any atom is 0.298 e. The topological polar surface area (TPSA) is 20.3 Å². The second-order valence-electron chi connectivity index (χ2n) is 3.98. The predicted molar refractivity (Wildman–Crippen MR) is 55.2 cm³/mol. The van der Waals surface area contributed by atoms with Crippen molar-refractivity contribution in [3.63, 3.8) is 0 Å². The monoisotopic (exact) mass is 181 g/mol. The highest BCUT2D eigenvalue weighted by molar-refractivity contribution is 5.93. The summed E-state index contributed by atoms with van der Waals surface area (Å²) in [6.07, 6.45) is 0. The third-order valence-electron chi connectivity index (χ3n) is 1.60. The van der Waals surface area contributed by atoms with Gasteiger partial charge in [0.1, 0.15) is 0 Å². The molecule has 0 N–H and O–H groups in total. The molecule has 0 aromatic carbocycles. The summed E-state index contributed by atoms with van der Waals surface area (Å²) < 4.78 is 0. The minimum Gasteiger partial charge on any atom is -0.332 e. The molecule has 0 aromatic rings. The molecule has 0 rings (SSSR count). The highest BCUT2D eigenvalue weighted by Gasteiger charge is 2.08. The third-order valence-corrected chi connectivity index (χ3v) is 1.60. The molecule has 0 fully saturated rings. The molecule has 1 amide bonds. The SMILES string of the molecule is CCN(CC)C(=O)C#CC(C)(C)C. The fraction of sp³-hybridized carbons (Fsp3) is 0.727. The first-order valence-corrected chi connectivity index (χ1v) is 4.72. The van der Waals surface area contributed by atoms with Gasteiger partial charge in [0.15, 0.2) is 0 Å². The van der Waals surface area contributed by atoms with Gasteiger partial charge in [0.05, 0.1) is 0 Å². The van der Waals surface area contributed by atoms with Crippen LogP contribution in [0.2, 0.25) is 0 Å². The third kappa shape index (κ3) is 5.30. The van der Waals surface area contributed by atoms with Gasteiger partial charge in [-0.25, -0.2) is 0 Å². The molecule has 2 heteroatoms. The Bertz CT molecular complexity index is 223. The zero-order valence-corrected chi connectivity index (χ0v) is 9.27. The van der Waals surface area contributed by atoms with Gasteiger partial charge in [0.2, 0.25) is 0 Å². The van der Waals surface area contributed by atoms with Crippen molar-refractivity contribution < 1.29 is 4.79 Å². The summed E-state index contributed by atoms with van der Waals surface area (Å²) in [5, 5.41) is 0. The van der Waals surface area contributed by atoms with Gasteiger partial charge in [0, 0.05) is 18.5 Å². The van der Waals surface area contributed by atoms with Crippen LogP contribution in [-0.2, 0) is 4.79 Å². The first kappa shape index (κ1) is 12.0. The lowest BCUT2D eigenvalue weighted by atomic mass is 9.98. The van der Waals surface area contributed by atoms with Crippen molar-refractivity contribution in [1.29, 1.82) is 0 Å². The normalized spacial score (nSPS) is 10.2. The van der Waals surface area contributed by atoms with E-state index in [4.69, 9.17) is 0 Å². The van der Waals surface area contributed by atoms with Gasteiger partial charge in [-0.05, 0) is 40.5 Å². The summed E-state index contributed by atoms with van der Waals surface area (Å²) in [7, 11) is 0. The zero-order chi connectivity index (χ0) is 10.5. The Morgan fingerprint density at radius 2 is 1.69 bits per heavy atom. The van der Waals surface area contributed by atoms with Crippen LogP contribution in [0, 0.1) is 17.3 Å². The summed E-state index contributed by atoms with van der Waals surface area (Å²) in [4.78, 5) is 13.1. The fourth-order valence-electron chi connectivity index (χ4n) is 0.831. The van der Waals surface area contributed by atoms with E-state index < -0.39 is 0 Å². The van der Waals surface area contributed by atoms with Gasteiger partial charge in [-0.15, -0.1) is 0 Å². The molecule has 0 heterocycles. The van der Waals surface area contributed by atoms with Crippen LogP contribution < -0.4 is 0 Å². The average molecular weight is 181 g/mol. The van der Waals surface area contributed by atoms with E-state index in [-0.39, 0.29) is 11.3 Å². The second kappa shape index (κ2) is 4.91. The van der Waals surface area contributed by atoms with Crippen LogP contribution in [0.4, 0.5) is 0 Å². The van der Waals surface area contributed by atoms with Crippen molar-refractivity contribution in [3.8, 4) is 11.8 Å². The molecule has 74 valence electrons. The molecule has 13 heavy (non-hydrogen) atoms. The standard InChI is InChI=1S/C11H19NO/c1-6-12(7-2)10(13)8-9-11(3,4)5/h6-7H2,1-5H3. The molecular formula is C11H19NO. The van der Waals surface area contributed by atoms with E-state index in [1.54, 1.807) is 4.90 Å². The Morgan fingerprint density at radius 1 is 1.23 bits per heavy atom. The van der Waals surface area contributed by atoms with Crippen molar-refractivity contribution in [2.45, 2.75) is 34.6 Å². The lowest BCUT2D eigenvalue weighted by Crippen LogP contribution is -2.29. The molecule has 2 nitrogen and oxygen atoms in total. The quantitative estimate of drug-likeness (QED) is 0.596. The van der Waals surface area contributed by atoms with Crippen molar-refractivity contribution >= 4 is 5.91 Å². The summed E-state index contributed by atoms with van der Waals surface area (Å²) in [5.41, 5.74) is -0.0944. The van der Waals surface area contributed by atoms with Gasteiger partial charge < -0.3 is 4.90 Å². The molecule has 0 aliphatic heterocycles. The molecule has 0 aromatic heterocycles. The molecule has 0 saturated heterocycles. The first-order chi connectivity index (χ1) is 5.90. The summed E-state index contributed by atoms with van der Waals surface area (Å²) in [5.74, 6) is 5.52. The Morgan fingerprint density at radius 3 is 2.00 bits per heavy atom. The highest BCUT2D eigenvalue weighted by atomic mass is 16.2. The largest absolute Gasteiger partial charge is 0.332 e. The van der Waals surface area contributed by atoms with Crippen LogP contribution in [0.3, 0.4) is 0 Å². The number of hydrogen-bond donors (Lipinski definition) is 0. The number of nitrogens with zero attached hydrogens (tertiary/aromatic N) is 1. The van der Waals surface area contributed by atoms with E-state index >= 15 is 0 Å². The molecular weight excluding hydrogens is 162 g/mol. The minimum absolute atomic E-state index is 0.0695. The maximum atomic E-state index is 11.4. The van der Waals surface area contributed by atoms with E-state index in [1.165, 1.54) is 0 Å². The van der Waals surface area contributed by atoms with Gasteiger partial charge >= 0.3 is 0 Å². The Labute approximate surface area is 81.3 Å². The zero-order valence-electron chi connectivity index (χ0n) is 9.27. The summed E-state index contributed by atoms with van der Waals surface area (Å²) in [6, 6.07) is 0. The summed E-state index contributed by atoms with van der Waals surface area (Å²) >= 11 is 0. The van der Waals surface area contributed by atoms with Gasteiger partial charge in [0.25, 0.3) is 5.91 Å². The fourth-order valence-corrected chi connectivity index (χ4v) is 0.831. The second-order valence-corrected chi connectivity index (χ2v) is 3.98. The number of carbonyl (C=O) groups excluding carboxylic acids is 1. The van der Waals surface area contributed by atoms with Gasteiger partial charge in [-0.2, -0.15) is 0 Å². The molecule has 0 aliphatic carbocycles. The maximum absolute atomic E-state index is 11.4. The van der Waals surface area contributed by atoms with E-state index in [0.717, 1.165) is 13.1 Å². The van der Waals surface area contributed by atoms with Crippen LogP contribution >= 0.6 is 0 Å². The van der Waals surface area contributed by atoms with Crippen LogP contribution in [-0.4, -0.2) is 23.9 Å². The smallest absolute Gasteiger partial charge is 0.298 e. The Kier molecular flexibility index (Phi) is 4.55. The van der Waals surface area contributed by atoms with Gasteiger partial charge in [-0.3, -0.25) is 4.79 Å². The number of rotatable bonds is 2. The first-order valence-electron chi connectivity index (χ1n) is 4.72. The van der Waals surface area contributed by atoms with Crippen molar-refractivity contribution in [2.75, 3.05) is 13.1 Å². The minimum atomic E-state index is -0.0944. The number of carbonyl (C=O) groups is 1. The van der Waals surface area contributed by atoms with Crippen molar-refractivity contribution in [2.24, 2.45) is 5.41 Å². The predicted octanol–water partition coefficient (Wildman–Crippen LogP) is 1.90. The average Bonchev–Trinajstić information content (AvgIpc) is 2.02. The molecule has 0 atom stereocenters.